The van der Waals surface area contributed by atoms with Crippen LogP contribution in [0, 0.1) is 23.5 Å². The van der Waals surface area contributed by atoms with Crippen LogP contribution in [0.3, 0.4) is 0 Å². The molecule has 0 bridgehead atoms. The highest BCUT2D eigenvalue weighted by Gasteiger charge is 2.28. The minimum atomic E-state index is -3.46. The fraction of sp³-hybridized carbons (Fsp3) is 0.289. The van der Waals surface area contributed by atoms with E-state index in [4.69, 9.17) is 16.6 Å². The molecule has 2 atom stereocenters. The SMILES string of the molecule is CC(C(=O)C[C@@H](Cc1cc(F)cc(F)c1)c1nc(C#CC(C)(C)O)ccc1-c1ccc(Cl)c2c(CS(C)(=O)=O)nn(C)c12)c1ccccc1. The molecule has 0 radical (unpaired) electrons. The fourth-order valence-corrected chi connectivity index (χ4v) is 6.91. The first-order valence-electron chi connectivity index (χ1n) is 15.6. The molecule has 0 aliphatic carbocycles. The summed E-state index contributed by atoms with van der Waals surface area (Å²) in [6, 6.07) is 19.5. The van der Waals surface area contributed by atoms with Crippen LogP contribution in [0.2, 0.25) is 5.02 Å². The first-order chi connectivity index (χ1) is 23.0. The number of nitrogens with zero attached hydrogens (tertiary/aromatic N) is 3. The molecule has 0 aliphatic rings. The quantitative estimate of drug-likeness (QED) is 0.153. The van der Waals surface area contributed by atoms with Crippen LogP contribution >= 0.6 is 11.6 Å². The number of rotatable bonds is 10. The Bertz CT molecular complexity index is 2200. The third kappa shape index (κ3) is 8.79. The van der Waals surface area contributed by atoms with Crippen LogP contribution in [0.5, 0.6) is 0 Å². The zero-order chi connectivity index (χ0) is 35.7. The van der Waals surface area contributed by atoms with E-state index in [-0.39, 0.29) is 30.1 Å². The molecule has 0 saturated carbocycles. The number of halogens is 3. The second-order valence-electron chi connectivity index (χ2n) is 12.9. The van der Waals surface area contributed by atoms with Crippen LogP contribution < -0.4 is 0 Å². The molecule has 3 aromatic carbocycles. The molecular weight excluding hydrogens is 668 g/mol. The molecule has 2 aromatic heterocycles. The first-order valence-corrected chi connectivity index (χ1v) is 18.0. The standard InChI is InChI=1S/C38H36ClF2N3O4S/c1-23(25-9-7-6-8-10-25)34(45)20-26(17-24-18-27(40)21-28(41)19-24)36-30(12-11-29(42-36)15-16-38(2,3)46)31-13-14-32(39)35-33(22-49(5,47)48)43-44(4)37(31)35/h6-14,18-19,21,23,26,46H,17,20,22H2,1-5H3/t23?,26-/m1/s1. The Kier molecular flexibility index (Phi) is 10.4. The van der Waals surface area contributed by atoms with E-state index in [1.165, 1.54) is 12.1 Å². The summed E-state index contributed by atoms with van der Waals surface area (Å²) in [7, 11) is -1.78. The monoisotopic (exact) mass is 703 g/mol. The minimum Gasteiger partial charge on any atom is -0.378 e. The number of ketones is 1. The van der Waals surface area contributed by atoms with E-state index in [0.29, 0.717) is 44.0 Å². The summed E-state index contributed by atoms with van der Waals surface area (Å²) in [5, 5.41) is 15.6. The molecular formula is C38H36ClF2N3O4S. The van der Waals surface area contributed by atoms with Crippen LogP contribution in [-0.4, -0.2) is 45.9 Å². The Morgan fingerprint density at radius 2 is 1.67 bits per heavy atom. The van der Waals surface area contributed by atoms with Gasteiger partial charge in [0.15, 0.2) is 9.84 Å². The summed E-state index contributed by atoms with van der Waals surface area (Å²) in [4.78, 5) is 18.9. The van der Waals surface area contributed by atoms with Crippen LogP contribution in [0.1, 0.15) is 67.2 Å². The summed E-state index contributed by atoms with van der Waals surface area (Å²) in [5.74, 6) is 2.58. The van der Waals surface area contributed by atoms with E-state index in [1.54, 1.807) is 49.8 Å². The van der Waals surface area contributed by atoms with Crippen molar-refractivity contribution in [2.45, 2.75) is 56.8 Å². The number of hydrogen-bond acceptors (Lipinski definition) is 6. The fourth-order valence-electron chi connectivity index (χ4n) is 5.95. The van der Waals surface area contributed by atoms with E-state index in [9.17, 15) is 27.1 Å². The molecule has 254 valence electrons. The predicted octanol–water partition coefficient (Wildman–Crippen LogP) is 7.32. The third-order valence-corrected chi connectivity index (χ3v) is 9.25. The third-order valence-electron chi connectivity index (χ3n) is 8.14. The lowest BCUT2D eigenvalue weighted by Gasteiger charge is -2.22. The van der Waals surface area contributed by atoms with Crippen molar-refractivity contribution in [2.75, 3.05) is 6.26 Å². The van der Waals surface area contributed by atoms with E-state index in [1.807, 2.05) is 37.3 Å². The summed E-state index contributed by atoms with van der Waals surface area (Å²) < 4.78 is 55.1. The van der Waals surface area contributed by atoms with Crippen molar-refractivity contribution in [1.29, 1.82) is 0 Å². The van der Waals surface area contributed by atoms with Crippen LogP contribution in [-0.2, 0) is 33.9 Å². The Balaban J connectivity index is 1.75. The van der Waals surface area contributed by atoms with Crippen molar-refractivity contribution in [3.05, 3.63) is 118 Å². The van der Waals surface area contributed by atoms with Crippen LogP contribution in [0.15, 0.2) is 72.8 Å². The molecule has 0 aliphatic heterocycles. The zero-order valence-corrected chi connectivity index (χ0v) is 29.3. The smallest absolute Gasteiger partial charge is 0.153 e. The lowest BCUT2D eigenvalue weighted by molar-refractivity contribution is -0.120. The minimum absolute atomic E-state index is 0.0297. The van der Waals surface area contributed by atoms with Gasteiger partial charge in [-0.25, -0.2) is 22.2 Å². The van der Waals surface area contributed by atoms with Gasteiger partial charge < -0.3 is 5.11 Å². The highest BCUT2D eigenvalue weighted by atomic mass is 35.5. The van der Waals surface area contributed by atoms with Crippen molar-refractivity contribution < 1.29 is 27.1 Å². The predicted molar refractivity (Wildman–Crippen MR) is 188 cm³/mol. The van der Waals surface area contributed by atoms with Gasteiger partial charge in [0, 0.05) is 54.1 Å². The molecule has 0 amide bonds. The molecule has 0 saturated heterocycles. The Morgan fingerprint density at radius 3 is 2.31 bits per heavy atom. The first kappa shape index (κ1) is 35.9. The summed E-state index contributed by atoms with van der Waals surface area (Å²) in [6.45, 7) is 4.90. The Morgan fingerprint density at radius 1 is 1.02 bits per heavy atom. The van der Waals surface area contributed by atoms with Crippen LogP contribution in [0.25, 0.3) is 22.0 Å². The van der Waals surface area contributed by atoms with Crippen molar-refractivity contribution in [3.8, 4) is 23.0 Å². The number of hydrogen-bond donors (Lipinski definition) is 1. The molecule has 0 spiro atoms. The molecule has 5 rings (SSSR count). The molecule has 1 N–H and O–H groups in total. The average Bonchev–Trinajstić information content (AvgIpc) is 3.33. The number of fused-ring (bicyclic) bond motifs is 1. The second-order valence-corrected chi connectivity index (χ2v) is 15.4. The largest absolute Gasteiger partial charge is 0.378 e. The van der Waals surface area contributed by atoms with Gasteiger partial charge in [-0.05, 0) is 67.6 Å². The van der Waals surface area contributed by atoms with Gasteiger partial charge in [-0.3, -0.25) is 9.48 Å². The number of carbonyl (C=O) groups is 1. The lowest BCUT2D eigenvalue weighted by Crippen LogP contribution is -2.18. The number of carbonyl (C=O) groups excluding carboxylic acids is 1. The van der Waals surface area contributed by atoms with Gasteiger partial charge in [-0.2, -0.15) is 5.10 Å². The molecule has 7 nitrogen and oxygen atoms in total. The van der Waals surface area contributed by atoms with E-state index in [2.05, 4.69) is 16.9 Å². The van der Waals surface area contributed by atoms with Crippen molar-refractivity contribution in [3.63, 3.8) is 0 Å². The second kappa shape index (κ2) is 14.2. The van der Waals surface area contributed by atoms with Gasteiger partial charge in [0.2, 0.25) is 0 Å². The Hall–Kier alpha value is -4.43. The number of aromatic nitrogens is 3. The number of Topliss-reactive ketones (excluding diaryl/α,β-unsaturated/α-hetero) is 1. The van der Waals surface area contributed by atoms with Crippen LogP contribution in [0.4, 0.5) is 8.78 Å². The Labute approximate surface area is 289 Å². The zero-order valence-electron chi connectivity index (χ0n) is 27.8. The molecule has 5 aromatic rings. The number of aryl methyl sites for hydroxylation is 1. The molecule has 0 fully saturated rings. The number of aliphatic hydroxyl groups is 1. The average molecular weight is 704 g/mol. The summed E-state index contributed by atoms with van der Waals surface area (Å²) in [6.07, 6.45) is 1.15. The maximum absolute atomic E-state index is 14.5. The highest BCUT2D eigenvalue weighted by Crippen LogP contribution is 2.40. The van der Waals surface area contributed by atoms with Gasteiger partial charge >= 0.3 is 0 Å². The number of sulfone groups is 1. The van der Waals surface area contributed by atoms with Gasteiger partial charge in [-0.1, -0.05) is 60.8 Å². The van der Waals surface area contributed by atoms with E-state index < -0.39 is 38.9 Å². The maximum Gasteiger partial charge on any atom is 0.153 e. The number of benzene rings is 3. The van der Waals surface area contributed by atoms with Crippen molar-refractivity contribution in [1.82, 2.24) is 14.8 Å². The summed E-state index contributed by atoms with van der Waals surface area (Å²) >= 11 is 6.65. The van der Waals surface area contributed by atoms with Gasteiger partial charge in [0.1, 0.15) is 28.7 Å². The molecule has 2 heterocycles. The van der Waals surface area contributed by atoms with Crippen molar-refractivity contribution in [2.24, 2.45) is 7.05 Å². The normalized spacial score (nSPS) is 13.2. The number of pyridine rings is 1. The van der Waals surface area contributed by atoms with Gasteiger partial charge in [0.25, 0.3) is 0 Å². The molecule has 11 heteroatoms. The van der Waals surface area contributed by atoms with Gasteiger partial charge in [-0.15, -0.1) is 0 Å². The van der Waals surface area contributed by atoms with E-state index in [0.717, 1.165) is 17.9 Å². The molecule has 49 heavy (non-hydrogen) atoms. The van der Waals surface area contributed by atoms with Gasteiger partial charge in [0.05, 0.1) is 27.7 Å². The highest BCUT2D eigenvalue weighted by molar-refractivity contribution is 7.89. The van der Waals surface area contributed by atoms with Crippen molar-refractivity contribution >= 4 is 38.1 Å². The maximum atomic E-state index is 14.5. The topological polar surface area (TPSA) is 102 Å². The molecule has 1 unspecified atom stereocenters. The lowest BCUT2D eigenvalue weighted by atomic mass is 9.83. The summed E-state index contributed by atoms with van der Waals surface area (Å²) in [5.41, 5.74) is 2.60. The van der Waals surface area contributed by atoms with E-state index >= 15 is 0 Å².